The molecule has 90 valence electrons. The second-order valence-electron chi connectivity index (χ2n) is 4.10. The standard InChI is InChI=1S/C11H18ClN3O/c1-3-15-10(11(12)8(2)14-15)6-13-9-4-5-16-7-9/h9,13H,3-7H2,1-2H3. The fourth-order valence-electron chi connectivity index (χ4n) is 1.97. The zero-order chi connectivity index (χ0) is 11.5. The molecule has 0 saturated carbocycles. The average Bonchev–Trinajstić information content (AvgIpc) is 2.87. The van der Waals surface area contributed by atoms with Gasteiger partial charge in [0.05, 0.1) is 23.0 Å². The molecule has 0 aliphatic carbocycles. The van der Waals surface area contributed by atoms with Gasteiger partial charge in [0.1, 0.15) is 0 Å². The van der Waals surface area contributed by atoms with Crippen LogP contribution in [0.25, 0.3) is 0 Å². The Hall–Kier alpha value is -0.580. The fraction of sp³-hybridized carbons (Fsp3) is 0.727. The highest BCUT2D eigenvalue weighted by Crippen LogP contribution is 2.20. The first-order chi connectivity index (χ1) is 7.72. The van der Waals surface area contributed by atoms with E-state index in [0.717, 1.165) is 49.1 Å². The molecule has 1 aromatic heterocycles. The van der Waals surface area contributed by atoms with Gasteiger partial charge in [-0.05, 0) is 20.3 Å². The van der Waals surface area contributed by atoms with Crippen LogP contribution in [-0.2, 0) is 17.8 Å². The van der Waals surface area contributed by atoms with Gasteiger partial charge in [0.25, 0.3) is 0 Å². The molecule has 2 heterocycles. The van der Waals surface area contributed by atoms with Crippen LogP contribution in [0.1, 0.15) is 24.7 Å². The Labute approximate surface area is 101 Å². The summed E-state index contributed by atoms with van der Waals surface area (Å²) in [5, 5.41) is 8.63. The van der Waals surface area contributed by atoms with E-state index >= 15 is 0 Å². The Kier molecular flexibility index (Phi) is 3.84. The molecule has 1 unspecified atom stereocenters. The summed E-state index contributed by atoms with van der Waals surface area (Å²) in [6, 6.07) is 0.455. The smallest absolute Gasteiger partial charge is 0.0860 e. The average molecular weight is 244 g/mol. The van der Waals surface area contributed by atoms with Gasteiger partial charge in [-0.1, -0.05) is 11.6 Å². The molecule has 1 atom stereocenters. The Balaban J connectivity index is 2.01. The Morgan fingerprint density at radius 2 is 2.44 bits per heavy atom. The van der Waals surface area contributed by atoms with Crippen LogP contribution in [0.3, 0.4) is 0 Å². The van der Waals surface area contributed by atoms with Gasteiger partial charge in [0.2, 0.25) is 0 Å². The van der Waals surface area contributed by atoms with E-state index < -0.39 is 0 Å². The van der Waals surface area contributed by atoms with Gasteiger partial charge in [0, 0.05) is 25.7 Å². The predicted molar refractivity (Wildman–Crippen MR) is 63.7 cm³/mol. The van der Waals surface area contributed by atoms with Crippen LogP contribution in [-0.4, -0.2) is 29.0 Å². The lowest BCUT2D eigenvalue weighted by molar-refractivity contribution is 0.189. The molecule has 16 heavy (non-hydrogen) atoms. The normalized spacial score (nSPS) is 20.6. The third kappa shape index (κ3) is 2.39. The second-order valence-corrected chi connectivity index (χ2v) is 4.48. The van der Waals surface area contributed by atoms with Crippen molar-refractivity contribution in [2.24, 2.45) is 0 Å². The summed E-state index contributed by atoms with van der Waals surface area (Å²) in [5.74, 6) is 0. The molecule has 0 bridgehead atoms. The molecule has 1 aromatic rings. The minimum atomic E-state index is 0.455. The summed E-state index contributed by atoms with van der Waals surface area (Å²) in [6.07, 6.45) is 1.08. The number of rotatable bonds is 4. The van der Waals surface area contributed by atoms with Crippen molar-refractivity contribution in [3.63, 3.8) is 0 Å². The van der Waals surface area contributed by atoms with Crippen molar-refractivity contribution in [3.05, 3.63) is 16.4 Å². The summed E-state index contributed by atoms with van der Waals surface area (Å²) in [5.41, 5.74) is 1.98. The summed E-state index contributed by atoms with van der Waals surface area (Å²) in [6.45, 7) is 7.29. The molecule has 4 nitrogen and oxygen atoms in total. The van der Waals surface area contributed by atoms with Crippen molar-refractivity contribution >= 4 is 11.6 Å². The van der Waals surface area contributed by atoms with E-state index in [4.69, 9.17) is 16.3 Å². The van der Waals surface area contributed by atoms with Crippen molar-refractivity contribution in [1.82, 2.24) is 15.1 Å². The van der Waals surface area contributed by atoms with Gasteiger partial charge in [-0.25, -0.2) is 0 Å². The first-order valence-corrected chi connectivity index (χ1v) is 6.13. The van der Waals surface area contributed by atoms with E-state index in [1.807, 2.05) is 11.6 Å². The molecule has 0 amide bonds. The van der Waals surface area contributed by atoms with Crippen LogP contribution >= 0.6 is 11.6 Å². The van der Waals surface area contributed by atoms with Crippen LogP contribution < -0.4 is 5.32 Å². The molecular formula is C11H18ClN3O. The molecule has 1 aliphatic rings. The molecule has 1 aliphatic heterocycles. The highest BCUT2D eigenvalue weighted by atomic mass is 35.5. The molecule has 0 radical (unpaired) electrons. The van der Waals surface area contributed by atoms with Crippen molar-refractivity contribution in [1.29, 1.82) is 0 Å². The molecular weight excluding hydrogens is 226 g/mol. The van der Waals surface area contributed by atoms with E-state index in [2.05, 4.69) is 17.3 Å². The molecule has 0 spiro atoms. The SMILES string of the molecule is CCn1nc(C)c(Cl)c1CNC1CCOC1. The summed E-state index contributed by atoms with van der Waals surface area (Å²) >= 11 is 6.22. The number of nitrogens with one attached hydrogen (secondary N) is 1. The van der Waals surface area contributed by atoms with Crippen LogP contribution in [0.4, 0.5) is 0 Å². The zero-order valence-electron chi connectivity index (χ0n) is 9.79. The summed E-state index contributed by atoms with van der Waals surface area (Å²) in [4.78, 5) is 0. The lowest BCUT2D eigenvalue weighted by Gasteiger charge is -2.11. The van der Waals surface area contributed by atoms with Crippen LogP contribution in [0, 0.1) is 6.92 Å². The van der Waals surface area contributed by atoms with Gasteiger partial charge in [0.15, 0.2) is 0 Å². The largest absolute Gasteiger partial charge is 0.380 e. The highest BCUT2D eigenvalue weighted by molar-refractivity contribution is 6.31. The van der Waals surface area contributed by atoms with Gasteiger partial charge in [-0.15, -0.1) is 0 Å². The number of hydrogen-bond acceptors (Lipinski definition) is 3. The highest BCUT2D eigenvalue weighted by Gasteiger charge is 2.17. The fourth-order valence-corrected chi connectivity index (χ4v) is 2.18. The van der Waals surface area contributed by atoms with E-state index in [1.54, 1.807) is 0 Å². The maximum Gasteiger partial charge on any atom is 0.0860 e. The Bertz CT molecular complexity index is 358. The lowest BCUT2D eigenvalue weighted by atomic mass is 10.2. The van der Waals surface area contributed by atoms with Crippen molar-refractivity contribution in [2.45, 2.75) is 39.4 Å². The van der Waals surface area contributed by atoms with E-state index in [1.165, 1.54) is 0 Å². The number of aryl methyl sites for hydroxylation is 2. The Morgan fingerprint density at radius 1 is 1.62 bits per heavy atom. The molecule has 5 heteroatoms. The monoisotopic (exact) mass is 243 g/mol. The Morgan fingerprint density at radius 3 is 3.06 bits per heavy atom. The molecule has 1 fully saturated rings. The minimum absolute atomic E-state index is 0.455. The van der Waals surface area contributed by atoms with Crippen molar-refractivity contribution < 1.29 is 4.74 Å². The number of hydrogen-bond donors (Lipinski definition) is 1. The van der Waals surface area contributed by atoms with Crippen LogP contribution in [0.2, 0.25) is 5.02 Å². The summed E-state index contributed by atoms with van der Waals surface area (Å²) < 4.78 is 7.28. The topological polar surface area (TPSA) is 39.1 Å². The molecule has 0 aromatic carbocycles. The van der Waals surface area contributed by atoms with Gasteiger partial charge in [-0.3, -0.25) is 4.68 Å². The quantitative estimate of drug-likeness (QED) is 0.876. The molecule has 1 saturated heterocycles. The van der Waals surface area contributed by atoms with E-state index in [0.29, 0.717) is 6.04 Å². The van der Waals surface area contributed by atoms with Gasteiger partial charge >= 0.3 is 0 Å². The van der Waals surface area contributed by atoms with E-state index in [-0.39, 0.29) is 0 Å². The van der Waals surface area contributed by atoms with Crippen molar-refractivity contribution in [3.8, 4) is 0 Å². The van der Waals surface area contributed by atoms with Crippen LogP contribution in [0.5, 0.6) is 0 Å². The maximum atomic E-state index is 6.22. The van der Waals surface area contributed by atoms with Crippen molar-refractivity contribution in [2.75, 3.05) is 13.2 Å². The van der Waals surface area contributed by atoms with Gasteiger partial charge < -0.3 is 10.1 Å². The number of ether oxygens (including phenoxy) is 1. The molecule has 1 N–H and O–H groups in total. The number of aromatic nitrogens is 2. The summed E-state index contributed by atoms with van der Waals surface area (Å²) in [7, 11) is 0. The third-order valence-corrected chi connectivity index (χ3v) is 3.43. The zero-order valence-corrected chi connectivity index (χ0v) is 10.5. The number of nitrogens with zero attached hydrogens (tertiary/aromatic N) is 2. The van der Waals surface area contributed by atoms with Crippen LogP contribution in [0.15, 0.2) is 0 Å². The molecule has 2 rings (SSSR count). The lowest BCUT2D eigenvalue weighted by Crippen LogP contribution is -2.29. The number of halogens is 1. The predicted octanol–water partition coefficient (Wildman–Crippen LogP) is 1.74. The van der Waals surface area contributed by atoms with Gasteiger partial charge in [-0.2, -0.15) is 5.10 Å². The third-order valence-electron chi connectivity index (χ3n) is 2.94. The minimum Gasteiger partial charge on any atom is -0.380 e. The first kappa shape index (κ1) is 11.9. The maximum absolute atomic E-state index is 6.22. The van der Waals surface area contributed by atoms with E-state index in [9.17, 15) is 0 Å². The second kappa shape index (κ2) is 5.17. The first-order valence-electron chi connectivity index (χ1n) is 5.75.